The highest BCUT2D eigenvalue weighted by molar-refractivity contribution is 9.10. The SMILES string of the molecule is N#Cc1ccc(OCCS(=O)(=O)c2cccc(Br)c2)cc1. The Morgan fingerprint density at radius 3 is 2.48 bits per heavy atom. The maximum absolute atomic E-state index is 12.1. The molecule has 0 aliphatic rings. The number of ether oxygens (including phenoxy) is 1. The van der Waals surface area contributed by atoms with Crippen molar-refractivity contribution in [1.29, 1.82) is 5.26 Å². The van der Waals surface area contributed by atoms with E-state index in [0.29, 0.717) is 11.3 Å². The predicted molar refractivity (Wildman–Crippen MR) is 82.8 cm³/mol. The van der Waals surface area contributed by atoms with E-state index in [4.69, 9.17) is 10.00 Å². The number of benzene rings is 2. The molecule has 2 aromatic carbocycles. The zero-order valence-electron chi connectivity index (χ0n) is 11.0. The van der Waals surface area contributed by atoms with Crippen LogP contribution in [-0.2, 0) is 9.84 Å². The van der Waals surface area contributed by atoms with E-state index in [1.54, 1.807) is 48.5 Å². The van der Waals surface area contributed by atoms with Gasteiger partial charge in [-0.15, -0.1) is 0 Å². The van der Waals surface area contributed by atoms with E-state index >= 15 is 0 Å². The van der Waals surface area contributed by atoms with E-state index in [9.17, 15) is 8.42 Å². The Hall–Kier alpha value is -1.84. The van der Waals surface area contributed by atoms with Gasteiger partial charge in [0.25, 0.3) is 0 Å². The molecule has 0 saturated heterocycles. The van der Waals surface area contributed by atoms with Gasteiger partial charge in [-0.3, -0.25) is 0 Å². The fraction of sp³-hybridized carbons (Fsp3) is 0.133. The summed E-state index contributed by atoms with van der Waals surface area (Å²) in [4.78, 5) is 0.264. The van der Waals surface area contributed by atoms with Crippen LogP contribution < -0.4 is 4.74 Å². The molecule has 108 valence electrons. The summed E-state index contributed by atoms with van der Waals surface area (Å²) >= 11 is 3.25. The van der Waals surface area contributed by atoms with Crippen LogP contribution in [0.4, 0.5) is 0 Å². The van der Waals surface area contributed by atoms with Crippen LogP contribution in [0.5, 0.6) is 5.75 Å². The molecule has 0 aromatic heterocycles. The third-order valence-electron chi connectivity index (χ3n) is 2.76. The minimum absolute atomic E-state index is 0.0563. The highest BCUT2D eigenvalue weighted by atomic mass is 79.9. The fourth-order valence-corrected chi connectivity index (χ4v) is 3.35. The molecule has 0 fully saturated rings. The van der Waals surface area contributed by atoms with Gasteiger partial charge in [0, 0.05) is 4.47 Å². The molecule has 2 rings (SSSR count). The molecule has 4 nitrogen and oxygen atoms in total. The van der Waals surface area contributed by atoms with E-state index < -0.39 is 9.84 Å². The van der Waals surface area contributed by atoms with Gasteiger partial charge in [0.1, 0.15) is 12.4 Å². The number of sulfone groups is 1. The molecule has 6 heteroatoms. The molecule has 0 aliphatic heterocycles. The third-order valence-corrected chi connectivity index (χ3v) is 4.93. The second kappa shape index (κ2) is 6.74. The molecule has 0 bridgehead atoms. The van der Waals surface area contributed by atoms with Crippen LogP contribution in [-0.4, -0.2) is 20.8 Å². The Bertz CT molecular complexity index is 764. The maximum atomic E-state index is 12.1. The third kappa shape index (κ3) is 4.31. The van der Waals surface area contributed by atoms with Gasteiger partial charge in [-0.1, -0.05) is 22.0 Å². The minimum atomic E-state index is -3.37. The zero-order chi connectivity index (χ0) is 15.3. The first-order valence-corrected chi connectivity index (χ1v) is 8.57. The largest absolute Gasteiger partial charge is 0.493 e. The van der Waals surface area contributed by atoms with Gasteiger partial charge in [-0.05, 0) is 42.5 Å². The number of rotatable bonds is 5. The highest BCUT2D eigenvalue weighted by Gasteiger charge is 2.14. The second-order valence-electron chi connectivity index (χ2n) is 4.26. The summed E-state index contributed by atoms with van der Waals surface area (Å²) in [5.41, 5.74) is 0.532. The summed E-state index contributed by atoms with van der Waals surface area (Å²) in [5.74, 6) is 0.433. The van der Waals surface area contributed by atoms with E-state index in [2.05, 4.69) is 15.9 Å². The first-order chi connectivity index (χ1) is 10.0. The van der Waals surface area contributed by atoms with Crippen molar-refractivity contribution in [2.45, 2.75) is 4.90 Å². The summed E-state index contributed by atoms with van der Waals surface area (Å²) in [6, 6.07) is 15.1. The molecular weight excluding hydrogens is 354 g/mol. The molecule has 0 amide bonds. The summed E-state index contributed by atoms with van der Waals surface area (Å²) < 4.78 is 30.4. The van der Waals surface area contributed by atoms with E-state index in [-0.39, 0.29) is 17.3 Å². The molecule has 0 aliphatic carbocycles. The molecule has 0 saturated carbocycles. The van der Waals surface area contributed by atoms with Crippen LogP contribution in [0, 0.1) is 11.3 Å². The van der Waals surface area contributed by atoms with Crippen molar-refractivity contribution in [1.82, 2.24) is 0 Å². The highest BCUT2D eigenvalue weighted by Crippen LogP contribution is 2.18. The molecule has 0 spiro atoms. The van der Waals surface area contributed by atoms with Crippen molar-refractivity contribution in [2.24, 2.45) is 0 Å². The molecule has 0 radical (unpaired) electrons. The fourth-order valence-electron chi connectivity index (χ4n) is 1.67. The Kier molecular flexibility index (Phi) is 4.99. The first-order valence-electron chi connectivity index (χ1n) is 6.12. The van der Waals surface area contributed by atoms with Gasteiger partial charge in [0.15, 0.2) is 9.84 Å². The lowest BCUT2D eigenvalue weighted by atomic mass is 10.2. The van der Waals surface area contributed by atoms with Gasteiger partial charge in [-0.25, -0.2) is 8.42 Å². The zero-order valence-corrected chi connectivity index (χ0v) is 13.4. The van der Waals surface area contributed by atoms with Crippen LogP contribution in [0.1, 0.15) is 5.56 Å². The van der Waals surface area contributed by atoms with Gasteiger partial charge in [-0.2, -0.15) is 5.26 Å². The van der Waals surface area contributed by atoms with Gasteiger partial charge < -0.3 is 4.74 Å². The van der Waals surface area contributed by atoms with Crippen molar-refractivity contribution in [3.63, 3.8) is 0 Å². The average molecular weight is 366 g/mol. The number of nitriles is 1. The van der Waals surface area contributed by atoms with Gasteiger partial charge in [0.05, 0.1) is 22.3 Å². The molecule has 0 unspecified atom stereocenters. The van der Waals surface area contributed by atoms with Gasteiger partial charge >= 0.3 is 0 Å². The van der Waals surface area contributed by atoms with Crippen molar-refractivity contribution >= 4 is 25.8 Å². The van der Waals surface area contributed by atoms with E-state index in [1.807, 2.05) is 6.07 Å². The normalized spacial score (nSPS) is 10.9. The summed E-state index contributed by atoms with van der Waals surface area (Å²) in [5, 5.41) is 8.69. The maximum Gasteiger partial charge on any atom is 0.181 e. The smallest absolute Gasteiger partial charge is 0.181 e. The Morgan fingerprint density at radius 1 is 1.14 bits per heavy atom. The molecule has 0 atom stereocenters. The molecule has 0 N–H and O–H groups in total. The van der Waals surface area contributed by atoms with Crippen LogP contribution in [0.15, 0.2) is 57.9 Å². The van der Waals surface area contributed by atoms with Crippen LogP contribution in [0.2, 0.25) is 0 Å². The van der Waals surface area contributed by atoms with Crippen molar-refractivity contribution in [2.75, 3.05) is 12.4 Å². The van der Waals surface area contributed by atoms with E-state index in [0.717, 1.165) is 4.47 Å². The lowest BCUT2D eigenvalue weighted by Crippen LogP contribution is -2.14. The molecule has 0 heterocycles. The van der Waals surface area contributed by atoms with Crippen molar-refractivity contribution in [3.8, 4) is 11.8 Å². The summed E-state index contributed by atoms with van der Waals surface area (Å²) in [7, 11) is -3.37. The molecular formula is C15H12BrNO3S. The number of halogens is 1. The summed E-state index contributed by atoms with van der Waals surface area (Å²) in [6.07, 6.45) is 0. The Labute approximate surface area is 132 Å². The topological polar surface area (TPSA) is 67.2 Å². The monoisotopic (exact) mass is 365 g/mol. The lowest BCUT2D eigenvalue weighted by Gasteiger charge is -2.07. The average Bonchev–Trinajstić information content (AvgIpc) is 2.48. The predicted octanol–water partition coefficient (Wildman–Crippen LogP) is 3.17. The first kappa shape index (κ1) is 15.5. The number of nitrogens with zero attached hydrogens (tertiary/aromatic N) is 1. The molecule has 21 heavy (non-hydrogen) atoms. The Balaban J connectivity index is 1.97. The summed E-state index contributed by atoms with van der Waals surface area (Å²) in [6.45, 7) is 0.0563. The van der Waals surface area contributed by atoms with Crippen molar-refractivity contribution < 1.29 is 13.2 Å². The number of hydrogen-bond donors (Lipinski definition) is 0. The van der Waals surface area contributed by atoms with Gasteiger partial charge in [0.2, 0.25) is 0 Å². The Morgan fingerprint density at radius 2 is 1.86 bits per heavy atom. The number of hydrogen-bond acceptors (Lipinski definition) is 4. The standard InChI is InChI=1S/C15H12BrNO3S/c16-13-2-1-3-15(10-13)21(18,19)9-8-20-14-6-4-12(11-17)5-7-14/h1-7,10H,8-9H2. The molecule has 2 aromatic rings. The van der Waals surface area contributed by atoms with Crippen LogP contribution in [0.25, 0.3) is 0 Å². The van der Waals surface area contributed by atoms with Crippen LogP contribution >= 0.6 is 15.9 Å². The van der Waals surface area contributed by atoms with E-state index in [1.165, 1.54) is 0 Å². The quantitative estimate of drug-likeness (QED) is 0.815. The van der Waals surface area contributed by atoms with Crippen LogP contribution in [0.3, 0.4) is 0 Å². The van der Waals surface area contributed by atoms with Crippen molar-refractivity contribution in [3.05, 3.63) is 58.6 Å². The minimum Gasteiger partial charge on any atom is -0.493 e. The lowest BCUT2D eigenvalue weighted by molar-refractivity contribution is 0.341. The second-order valence-corrected chi connectivity index (χ2v) is 7.29.